The van der Waals surface area contributed by atoms with Gasteiger partial charge in [-0.25, -0.2) is 9.79 Å². The molecule has 1 aliphatic heterocycles. The summed E-state index contributed by atoms with van der Waals surface area (Å²) in [6.07, 6.45) is 3.51. The predicted molar refractivity (Wildman–Crippen MR) is 182 cm³/mol. The van der Waals surface area contributed by atoms with E-state index in [0.29, 0.717) is 48.8 Å². The van der Waals surface area contributed by atoms with Crippen molar-refractivity contribution in [2.24, 2.45) is 4.99 Å². The van der Waals surface area contributed by atoms with Crippen molar-refractivity contribution in [1.82, 2.24) is 4.57 Å². The molecule has 2 aromatic heterocycles. The smallest absolute Gasteiger partial charge is 0.338 e. The number of aromatic nitrogens is 1. The van der Waals surface area contributed by atoms with Gasteiger partial charge in [-0.05, 0) is 113 Å². The molecule has 1 atom stereocenters. The molecule has 7 nitrogen and oxygen atoms in total. The standard InChI is InChI=1S/C30H22Cl2I2N2O5S/c1-4-10-40-27-20(33)11-16(12-21(27)34)13-24-28(37)36-26(25(29(38)39-5-2)15(3)35-30(36)42-24)23-9-8-22(41-23)17-6-7-18(31)19(32)14-17/h4,6-9,11-14,26H,1,5,10H2,2-3H3/b24-13-/t26-/m1/s1. The van der Waals surface area contributed by atoms with Crippen molar-refractivity contribution < 1.29 is 18.7 Å². The topological polar surface area (TPSA) is 83.0 Å². The molecular weight excluding hydrogens is 825 g/mol. The van der Waals surface area contributed by atoms with E-state index in [0.717, 1.165) is 18.5 Å². The molecule has 216 valence electrons. The minimum absolute atomic E-state index is 0.170. The third-order valence-corrected chi connectivity index (χ3v) is 9.61. The van der Waals surface area contributed by atoms with E-state index in [4.69, 9.17) is 37.1 Å². The van der Waals surface area contributed by atoms with E-state index in [1.54, 1.807) is 50.3 Å². The Hall–Kier alpha value is -2.39. The number of allylic oxidation sites excluding steroid dienone is 1. The van der Waals surface area contributed by atoms with Crippen LogP contribution in [0.25, 0.3) is 17.4 Å². The van der Waals surface area contributed by atoms with Gasteiger partial charge in [0.25, 0.3) is 5.56 Å². The van der Waals surface area contributed by atoms with Gasteiger partial charge in [-0.15, -0.1) is 0 Å². The molecule has 42 heavy (non-hydrogen) atoms. The van der Waals surface area contributed by atoms with Crippen molar-refractivity contribution in [3.8, 4) is 17.1 Å². The Morgan fingerprint density at radius 2 is 1.90 bits per heavy atom. The van der Waals surface area contributed by atoms with Crippen LogP contribution in [0.3, 0.4) is 0 Å². The number of hydrogen-bond donors (Lipinski definition) is 0. The largest absolute Gasteiger partial charge is 0.487 e. The zero-order valence-corrected chi connectivity index (χ0v) is 28.9. The van der Waals surface area contributed by atoms with Crippen LogP contribution in [0, 0.1) is 7.14 Å². The summed E-state index contributed by atoms with van der Waals surface area (Å²) in [5.74, 6) is 1.09. The first kappa shape index (κ1) is 31.0. The number of fused-ring (bicyclic) bond motifs is 1. The highest BCUT2D eigenvalue weighted by Crippen LogP contribution is 2.36. The molecule has 0 fully saturated rings. The molecule has 0 N–H and O–H groups in total. The average Bonchev–Trinajstić information content (AvgIpc) is 3.54. The van der Waals surface area contributed by atoms with Crippen molar-refractivity contribution in [2.75, 3.05) is 13.2 Å². The molecule has 0 spiro atoms. The van der Waals surface area contributed by atoms with Gasteiger partial charge < -0.3 is 13.9 Å². The first-order valence-electron chi connectivity index (χ1n) is 12.6. The summed E-state index contributed by atoms with van der Waals surface area (Å²) in [7, 11) is 0. The number of carbonyl (C=O) groups is 1. The van der Waals surface area contributed by atoms with Crippen molar-refractivity contribution in [1.29, 1.82) is 0 Å². The second-order valence-corrected chi connectivity index (χ2v) is 13.2. The summed E-state index contributed by atoms with van der Waals surface area (Å²) in [4.78, 5) is 32.2. The highest BCUT2D eigenvalue weighted by molar-refractivity contribution is 14.1. The maximum atomic E-state index is 14.0. The van der Waals surface area contributed by atoms with Crippen LogP contribution >= 0.6 is 79.7 Å². The second-order valence-electron chi connectivity index (χ2n) is 9.05. The Bertz CT molecular complexity index is 1920. The normalized spacial score (nSPS) is 14.9. The molecule has 4 aromatic rings. The van der Waals surface area contributed by atoms with Crippen molar-refractivity contribution in [3.63, 3.8) is 0 Å². The molecule has 5 rings (SSSR count). The fourth-order valence-corrected chi connectivity index (χ4v) is 7.93. The fourth-order valence-electron chi connectivity index (χ4n) is 4.46. The van der Waals surface area contributed by atoms with E-state index in [9.17, 15) is 9.59 Å². The van der Waals surface area contributed by atoms with E-state index >= 15 is 0 Å². The zero-order chi connectivity index (χ0) is 30.1. The molecule has 0 radical (unpaired) electrons. The molecule has 12 heteroatoms. The number of hydrogen-bond acceptors (Lipinski definition) is 7. The molecule has 0 unspecified atom stereocenters. The molecule has 2 aromatic carbocycles. The highest BCUT2D eigenvalue weighted by Gasteiger charge is 2.35. The molecule has 0 bridgehead atoms. The maximum absolute atomic E-state index is 14.0. The molecule has 0 aliphatic carbocycles. The third-order valence-electron chi connectivity index (χ3n) is 6.28. The lowest BCUT2D eigenvalue weighted by Crippen LogP contribution is -2.39. The number of furan rings is 1. The molecular formula is C30H22Cl2I2N2O5S. The highest BCUT2D eigenvalue weighted by atomic mass is 127. The predicted octanol–water partition coefficient (Wildman–Crippen LogP) is 7.14. The van der Waals surface area contributed by atoms with Crippen molar-refractivity contribution in [2.45, 2.75) is 19.9 Å². The van der Waals surface area contributed by atoms with Gasteiger partial charge >= 0.3 is 5.97 Å². The minimum Gasteiger partial charge on any atom is -0.487 e. The number of benzene rings is 2. The lowest BCUT2D eigenvalue weighted by atomic mass is 10.0. The van der Waals surface area contributed by atoms with Crippen LogP contribution in [0.2, 0.25) is 10.0 Å². The van der Waals surface area contributed by atoms with Gasteiger partial charge in [0.1, 0.15) is 29.9 Å². The van der Waals surface area contributed by atoms with Crippen LogP contribution in [-0.4, -0.2) is 23.8 Å². The van der Waals surface area contributed by atoms with Gasteiger partial charge in [-0.2, -0.15) is 0 Å². The van der Waals surface area contributed by atoms with E-state index in [1.807, 2.05) is 18.2 Å². The number of ether oxygens (including phenoxy) is 2. The van der Waals surface area contributed by atoms with Gasteiger partial charge in [0, 0.05) is 5.56 Å². The molecule has 3 heterocycles. The Balaban J connectivity index is 1.65. The average molecular weight is 847 g/mol. The molecule has 0 amide bonds. The Morgan fingerprint density at radius 3 is 2.57 bits per heavy atom. The first-order valence-corrected chi connectivity index (χ1v) is 16.3. The minimum atomic E-state index is -0.881. The summed E-state index contributed by atoms with van der Waals surface area (Å²) >= 11 is 18.0. The number of thiazole rings is 1. The van der Waals surface area contributed by atoms with E-state index in [2.05, 4.69) is 56.8 Å². The van der Waals surface area contributed by atoms with E-state index in [-0.39, 0.29) is 17.7 Å². The Labute approximate surface area is 282 Å². The Morgan fingerprint density at radius 1 is 1.17 bits per heavy atom. The third kappa shape index (κ3) is 6.14. The second kappa shape index (κ2) is 13.1. The monoisotopic (exact) mass is 846 g/mol. The van der Waals surface area contributed by atoms with Gasteiger partial charge in [-0.1, -0.05) is 47.2 Å². The fraction of sp³-hybridized carbons (Fsp3) is 0.167. The van der Waals surface area contributed by atoms with Crippen LogP contribution in [0.15, 0.2) is 80.6 Å². The van der Waals surface area contributed by atoms with Crippen LogP contribution in [0.1, 0.15) is 31.2 Å². The van der Waals surface area contributed by atoms with Crippen LogP contribution in [0.5, 0.6) is 5.75 Å². The quantitative estimate of drug-likeness (QED) is 0.107. The Kier molecular flexibility index (Phi) is 9.67. The van der Waals surface area contributed by atoms with Crippen LogP contribution < -0.4 is 19.6 Å². The zero-order valence-electron chi connectivity index (χ0n) is 22.3. The summed E-state index contributed by atoms with van der Waals surface area (Å²) in [6, 6.07) is 11.7. The number of rotatable bonds is 8. The summed E-state index contributed by atoms with van der Waals surface area (Å²) in [6.45, 7) is 7.72. The first-order chi connectivity index (χ1) is 20.1. The lowest BCUT2D eigenvalue weighted by molar-refractivity contribution is -0.139. The van der Waals surface area contributed by atoms with Gasteiger partial charge in [0.05, 0.1) is 39.6 Å². The van der Waals surface area contributed by atoms with Gasteiger partial charge in [0.2, 0.25) is 0 Å². The van der Waals surface area contributed by atoms with E-state index < -0.39 is 12.0 Å². The van der Waals surface area contributed by atoms with Crippen molar-refractivity contribution in [3.05, 3.63) is 115 Å². The number of esters is 1. The summed E-state index contributed by atoms with van der Waals surface area (Å²) in [5, 5.41) is 0.804. The van der Waals surface area contributed by atoms with Gasteiger partial charge in [-0.3, -0.25) is 9.36 Å². The SMILES string of the molecule is C=CCOc1c(I)cc(/C=c2\sc3n(c2=O)[C@H](c2ccc(-c4ccc(Cl)c(Cl)c4)o2)C(C(=O)OCC)=C(C)N=3)cc1I. The lowest BCUT2D eigenvalue weighted by Gasteiger charge is -2.22. The molecule has 0 saturated heterocycles. The molecule has 1 aliphatic rings. The summed E-state index contributed by atoms with van der Waals surface area (Å²) in [5.41, 5.74) is 1.91. The van der Waals surface area contributed by atoms with Crippen LogP contribution in [-0.2, 0) is 9.53 Å². The van der Waals surface area contributed by atoms with Crippen molar-refractivity contribution >= 4 is 91.8 Å². The number of carbonyl (C=O) groups excluding carboxylic acids is 1. The van der Waals surface area contributed by atoms with Crippen LogP contribution in [0.4, 0.5) is 0 Å². The van der Waals surface area contributed by atoms with E-state index in [1.165, 1.54) is 15.9 Å². The number of nitrogens with zero attached hydrogens (tertiary/aromatic N) is 2. The number of halogens is 4. The molecule has 0 saturated carbocycles. The summed E-state index contributed by atoms with van der Waals surface area (Å²) < 4.78 is 21.2. The maximum Gasteiger partial charge on any atom is 0.338 e. The van der Waals surface area contributed by atoms with Gasteiger partial charge in [0.15, 0.2) is 4.80 Å².